The van der Waals surface area contributed by atoms with Gasteiger partial charge in [0.05, 0.1) is 17.6 Å². The number of carboxylic acid groups (broad SMARTS) is 1. The SMILES string of the molecule is COc1cc(C(=O)Nc2sc3c(c2C(=O)O)CCCC3)ccc1[N+](=O)[O-]. The molecule has 0 saturated heterocycles. The molecule has 0 unspecified atom stereocenters. The Morgan fingerprint density at radius 2 is 2.04 bits per heavy atom. The number of nitrogens with zero attached hydrogens (tertiary/aromatic N) is 1. The standard InChI is InChI=1S/C17H16N2O6S/c1-25-12-8-9(6-7-11(12)19(23)24)15(20)18-16-14(17(21)22)10-4-2-3-5-13(10)26-16/h6-8H,2-5H2,1H3,(H,18,20)(H,21,22). The van der Waals surface area contributed by atoms with Crippen LogP contribution in [0.15, 0.2) is 18.2 Å². The van der Waals surface area contributed by atoms with Gasteiger partial charge < -0.3 is 15.2 Å². The number of carboxylic acids is 1. The van der Waals surface area contributed by atoms with Crippen molar-refractivity contribution in [2.75, 3.05) is 12.4 Å². The quantitative estimate of drug-likeness (QED) is 0.609. The lowest BCUT2D eigenvalue weighted by Gasteiger charge is -2.10. The molecule has 1 aromatic carbocycles. The molecular formula is C17H16N2O6S. The summed E-state index contributed by atoms with van der Waals surface area (Å²) < 4.78 is 4.96. The van der Waals surface area contributed by atoms with Gasteiger partial charge in [-0.15, -0.1) is 11.3 Å². The molecule has 0 fully saturated rings. The Morgan fingerprint density at radius 1 is 1.31 bits per heavy atom. The summed E-state index contributed by atoms with van der Waals surface area (Å²) in [5.74, 6) is -1.65. The molecule has 1 amide bonds. The van der Waals surface area contributed by atoms with E-state index in [2.05, 4.69) is 5.32 Å². The van der Waals surface area contributed by atoms with Crippen LogP contribution in [-0.4, -0.2) is 29.0 Å². The van der Waals surface area contributed by atoms with Crippen molar-refractivity contribution in [2.24, 2.45) is 0 Å². The van der Waals surface area contributed by atoms with Gasteiger partial charge in [-0.1, -0.05) is 0 Å². The number of hydrogen-bond acceptors (Lipinski definition) is 6. The minimum absolute atomic E-state index is 0.0356. The van der Waals surface area contributed by atoms with Crippen LogP contribution in [-0.2, 0) is 12.8 Å². The van der Waals surface area contributed by atoms with E-state index in [-0.39, 0.29) is 22.6 Å². The van der Waals surface area contributed by atoms with Crippen LogP contribution in [0.4, 0.5) is 10.7 Å². The Hall–Kier alpha value is -2.94. The van der Waals surface area contributed by atoms with Crippen LogP contribution in [0.3, 0.4) is 0 Å². The summed E-state index contributed by atoms with van der Waals surface area (Å²) in [5.41, 5.74) is 0.842. The highest BCUT2D eigenvalue weighted by molar-refractivity contribution is 7.17. The summed E-state index contributed by atoms with van der Waals surface area (Å²) in [4.78, 5) is 35.5. The van der Waals surface area contributed by atoms with Gasteiger partial charge in [-0.05, 0) is 37.3 Å². The van der Waals surface area contributed by atoms with Crippen LogP contribution in [0.2, 0.25) is 0 Å². The highest BCUT2D eigenvalue weighted by atomic mass is 32.1. The predicted molar refractivity (Wildman–Crippen MR) is 95.5 cm³/mol. The number of carbonyl (C=O) groups is 2. The maximum Gasteiger partial charge on any atom is 0.339 e. The van der Waals surface area contributed by atoms with Crippen molar-refractivity contribution in [1.82, 2.24) is 0 Å². The number of nitro benzene ring substituents is 1. The van der Waals surface area contributed by atoms with Crippen LogP contribution >= 0.6 is 11.3 Å². The number of benzene rings is 1. The van der Waals surface area contributed by atoms with E-state index in [1.54, 1.807) is 0 Å². The zero-order valence-corrected chi connectivity index (χ0v) is 14.7. The maximum atomic E-state index is 12.5. The fraction of sp³-hybridized carbons (Fsp3) is 0.294. The minimum Gasteiger partial charge on any atom is -0.490 e. The number of amides is 1. The molecule has 3 rings (SSSR count). The van der Waals surface area contributed by atoms with Crippen molar-refractivity contribution >= 4 is 33.9 Å². The third kappa shape index (κ3) is 3.25. The third-order valence-electron chi connectivity index (χ3n) is 4.25. The number of aryl methyl sites for hydroxylation is 1. The molecule has 1 aliphatic carbocycles. The average Bonchev–Trinajstić information content (AvgIpc) is 2.98. The molecule has 0 aliphatic heterocycles. The Morgan fingerprint density at radius 3 is 2.69 bits per heavy atom. The highest BCUT2D eigenvalue weighted by Gasteiger charge is 2.26. The molecule has 1 aliphatic rings. The van der Waals surface area contributed by atoms with Crippen LogP contribution in [0.5, 0.6) is 5.75 Å². The summed E-state index contributed by atoms with van der Waals surface area (Å²) in [6, 6.07) is 3.76. The first-order valence-corrected chi connectivity index (χ1v) is 8.75. The molecule has 0 radical (unpaired) electrons. The van der Waals surface area contributed by atoms with Crippen LogP contribution in [0.1, 0.15) is 44.0 Å². The number of nitrogens with one attached hydrogen (secondary N) is 1. The van der Waals surface area contributed by atoms with Crippen LogP contribution < -0.4 is 10.1 Å². The van der Waals surface area contributed by atoms with E-state index in [9.17, 15) is 24.8 Å². The molecule has 0 bridgehead atoms. The van der Waals surface area contributed by atoms with Gasteiger partial charge >= 0.3 is 11.7 Å². The number of rotatable bonds is 5. The second-order valence-electron chi connectivity index (χ2n) is 5.82. The first-order valence-electron chi connectivity index (χ1n) is 7.94. The van der Waals surface area contributed by atoms with Gasteiger partial charge in [-0.25, -0.2) is 4.79 Å². The van der Waals surface area contributed by atoms with E-state index in [4.69, 9.17) is 4.74 Å². The Kier molecular flexibility index (Phi) is 4.90. The Bertz CT molecular complexity index is 905. The average molecular weight is 376 g/mol. The lowest BCUT2D eigenvalue weighted by Crippen LogP contribution is -2.14. The summed E-state index contributed by atoms with van der Waals surface area (Å²) in [6.45, 7) is 0. The van der Waals surface area contributed by atoms with E-state index in [1.165, 1.54) is 36.6 Å². The largest absolute Gasteiger partial charge is 0.490 e. The second-order valence-corrected chi connectivity index (χ2v) is 6.92. The summed E-state index contributed by atoms with van der Waals surface area (Å²) >= 11 is 1.28. The lowest BCUT2D eigenvalue weighted by atomic mass is 9.95. The van der Waals surface area contributed by atoms with Gasteiger partial charge in [0.15, 0.2) is 5.75 Å². The molecule has 0 saturated carbocycles. The van der Waals surface area contributed by atoms with E-state index in [1.807, 2.05) is 0 Å². The molecule has 2 aromatic rings. The Balaban J connectivity index is 1.92. The predicted octanol–water partition coefficient (Wildman–Crippen LogP) is 3.49. The van der Waals surface area contributed by atoms with Gasteiger partial charge in [0.25, 0.3) is 5.91 Å². The molecule has 0 spiro atoms. The monoisotopic (exact) mass is 376 g/mol. The number of anilines is 1. The van der Waals surface area contributed by atoms with Crippen molar-refractivity contribution in [1.29, 1.82) is 0 Å². The van der Waals surface area contributed by atoms with Gasteiger partial charge in [-0.2, -0.15) is 0 Å². The van der Waals surface area contributed by atoms with Crippen molar-refractivity contribution in [3.8, 4) is 5.75 Å². The number of fused-ring (bicyclic) bond motifs is 1. The van der Waals surface area contributed by atoms with Crippen LogP contribution in [0.25, 0.3) is 0 Å². The van der Waals surface area contributed by atoms with Gasteiger partial charge in [-0.3, -0.25) is 14.9 Å². The number of aromatic carboxylic acids is 1. The van der Waals surface area contributed by atoms with Crippen molar-refractivity contribution in [3.05, 3.63) is 49.9 Å². The van der Waals surface area contributed by atoms with Crippen molar-refractivity contribution in [2.45, 2.75) is 25.7 Å². The smallest absolute Gasteiger partial charge is 0.339 e. The van der Waals surface area contributed by atoms with E-state index in [0.717, 1.165) is 29.7 Å². The molecule has 1 aromatic heterocycles. The molecule has 136 valence electrons. The number of carbonyl (C=O) groups excluding carboxylic acids is 1. The molecule has 9 heteroatoms. The fourth-order valence-electron chi connectivity index (χ4n) is 3.03. The number of methoxy groups -OCH3 is 1. The summed E-state index contributed by atoms with van der Waals surface area (Å²) in [5, 5.41) is 23.4. The van der Waals surface area contributed by atoms with E-state index < -0.39 is 16.8 Å². The number of nitro groups is 1. The van der Waals surface area contributed by atoms with E-state index in [0.29, 0.717) is 11.4 Å². The maximum absolute atomic E-state index is 12.5. The van der Waals surface area contributed by atoms with Crippen molar-refractivity contribution in [3.63, 3.8) is 0 Å². The molecule has 1 heterocycles. The van der Waals surface area contributed by atoms with Crippen LogP contribution in [0, 0.1) is 10.1 Å². The summed E-state index contributed by atoms with van der Waals surface area (Å²) in [6.07, 6.45) is 3.42. The normalized spacial score (nSPS) is 13.0. The molecule has 0 atom stereocenters. The minimum atomic E-state index is -1.07. The number of ether oxygens (including phenoxy) is 1. The molecule has 26 heavy (non-hydrogen) atoms. The molecule has 8 nitrogen and oxygen atoms in total. The van der Waals surface area contributed by atoms with Gasteiger partial charge in [0, 0.05) is 22.6 Å². The first kappa shape index (κ1) is 17.9. The second kappa shape index (κ2) is 7.12. The fourth-order valence-corrected chi connectivity index (χ4v) is 4.30. The highest BCUT2D eigenvalue weighted by Crippen LogP contribution is 2.38. The molecular weight excluding hydrogens is 360 g/mol. The lowest BCUT2D eigenvalue weighted by molar-refractivity contribution is -0.385. The number of thiophene rings is 1. The first-order chi connectivity index (χ1) is 12.4. The zero-order chi connectivity index (χ0) is 18.8. The zero-order valence-electron chi connectivity index (χ0n) is 13.9. The molecule has 2 N–H and O–H groups in total. The van der Waals surface area contributed by atoms with E-state index >= 15 is 0 Å². The Labute approximate surface area is 152 Å². The number of hydrogen-bond donors (Lipinski definition) is 2. The van der Waals surface area contributed by atoms with Crippen molar-refractivity contribution < 1.29 is 24.4 Å². The van der Waals surface area contributed by atoms with Gasteiger partial charge in [0.1, 0.15) is 5.00 Å². The summed E-state index contributed by atoms with van der Waals surface area (Å²) in [7, 11) is 1.28. The topological polar surface area (TPSA) is 119 Å². The third-order valence-corrected chi connectivity index (χ3v) is 5.46. The van der Waals surface area contributed by atoms with Gasteiger partial charge in [0.2, 0.25) is 0 Å².